The summed E-state index contributed by atoms with van der Waals surface area (Å²) < 4.78 is 0. The largest absolute Gasteiger partial charge is 0.333 e. The van der Waals surface area contributed by atoms with Crippen molar-refractivity contribution in [1.29, 1.82) is 0 Å². The van der Waals surface area contributed by atoms with E-state index in [0.29, 0.717) is 5.95 Å². The standard InChI is InChI=1S/C12H12N6S/c1-7-6-10(17-11(14-7)18-13)19-12-15-8-4-2-3-5-9(8)16-12/h2-6H,13H2,1H3,(H,15,16)(H,14,17,18). The van der Waals surface area contributed by atoms with E-state index in [-0.39, 0.29) is 0 Å². The molecule has 6 nitrogen and oxygen atoms in total. The Morgan fingerprint density at radius 1 is 1.21 bits per heavy atom. The van der Waals surface area contributed by atoms with E-state index in [2.05, 4.69) is 25.4 Å². The van der Waals surface area contributed by atoms with Crippen molar-refractivity contribution in [3.05, 3.63) is 36.0 Å². The van der Waals surface area contributed by atoms with Crippen molar-refractivity contribution in [2.75, 3.05) is 5.43 Å². The molecule has 0 radical (unpaired) electrons. The van der Waals surface area contributed by atoms with Crippen molar-refractivity contribution in [2.24, 2.45) is 5.84 Å². The summed E-state index contributed by atoms with van der Waals surface area (Å²) in [4.78, 5) is 16.1. The second-order valence-corrected chi connectivity index (χ2v) is 4.99. The maximum absolute atomic E-state index is 5.33. The molecule has 0 bridgehead atoms. The highest BCUT2D eigenvalue weighted by Crippen LogP contribution is 2.26. The zero-order chi connectivity index (χ0) is 13.2. The van der Waals surface area contributed by atoms with Crippen molar-refractivity contribution in [1.82, 2.24) is 19.9 Å². The Labute approximate surface area is 113 Å². The zero-order valence-corrected chi connectivity index (χ0v) is 11.0. The molecule has 0 spiro atoms. The Hall–Kier alpha value is -2.12. The van der Waals surface area contributed by atoms with Gasteiger partial charge in [-0.1, -0.05) is 12.1 Å². The number of benzene rings is 1. The van der Waals surface area contributed by atoms with Gasteiger partial charge in [-0.2, -0.15) is 0 Å². The molecule has 0 amide bonds. The minimum Gasteiger partial charge on any atom is -0.333 e. The first-order valence-electron chi connectivity index (χ1n) is 5.69. The molecule has 7 heteroatoms. The van der Waals surface area contributed by atoms with Gasteiger partial charge in [0.2, 0.25) is 5.95 Å². The number of hydrazine groups is 1. The van der Waals surface area contributed by atoms with Gasteiger partial charge in [-0.25, -0.2) is 20.8 Å². The quantitative estimate of drug-likeness (QED) is 0.384. The number of imidazole rings is 1. The summed E-state index contributed by atoms with van der Waals surface area (Å²) >= 11 is 1.44. The molecule has 1 aromatic carbocycles. The van der Waals surface area contributed by atoms with Crippen molar-refractivity contribution in [3.63, 3.8) is 0 Å². The van der Waals surface area contributed by atoms with Gasteiger partial charge in [0.05, 0.1) is 11.0 Å². The van der Waals surface area contributed by atoms with Crippen LogP contribution in [0, 0.1) is 6.92 Å². The van der Waals surface area contributed by atoms with E-state index >= 15 is 0 Å². The molecule has 19 heavy (non-hydrogen) atoms. The molecule has 0 aliphatic rings. The first-order valence-corrected chi connectivity index (χ1v) is 6.51. The van der Waals surface area contributed by atoms with Crippen LogP contribution in [0.1, 0.15) is 5.69 Å². The highest BCUT2D eigenvalue weighted by molar-refractivity contribution is 7.99. The lowest BCUT2D eigenvalue weighted by Crippen LogP contribution is -2.11. The number of anilines is 1. The summed E-state index contributed by atoms with van der Waals surface area (Å²) in [6, 6.07) is 9.78. The maximum atomic E-state index is 5.33. The smallest absolute Gasteiger partial charge is 0.238 e. The first-order chi connectivity index (χ1) is 9.24. The maximum Gasteiger partial charge on any atom is 0.238 e. The normalized spacial score (nSPS) is 10.8. The average Bonchev–Trinajstić information content (AvgIpc) is 2.80. The van der Waals surface area contributed by atoms with Crippen molar-refractivity contribution >= 4 is 28.7 Å². The van der Waals surface area contributed by atoms with Gasteiger partial charge in [-0.05, 0) is 36.9 Å². The van der Waals surface area contributed by atoms with Gasteiger partial charge in [0, 0.05) is 5.69 Å². The summed E-state index contributed by atoms with van der Waals surface area (Å²) in [6.45, 7) is 1.89. The number of rotatable bonds is 3. The third-order valence-corrected chi connectivity index (χ3v) is 3.33. The molecular weight excluding hydrogens is 260 g/mol. The zero-order valence-electron chi connectivity index (χ0n) is 10.2. The monoisotopic (exact) mass is 272 g/mol. The number of hydrogen-bond acceptors (Lipinski definition) is 6. The lowest BCUT2D eigenvalue weighted by Gasteiger charge is -2.02. The number of nitrogens with zero attached hydrogens (tertiary/aromatic N) is 3. The molecule has 2 heterocycles. The van der Waals surface area contributed by atoms with Crippen LogP contribution in [0.2, 0.25) is 0 Å². The Morgan fingerprint density at radius 2 is 2.05 bits per heavy atom. The van der Waals surface area contributed by atoms with Crippen LogP contribution in [0.25, 0.3) is 11.0 Å². The first kappa shape index (κ1) is 11.9. The third kappa shape index (κ3) is 2.51. The second-order valence-electron chi connectivity index (χ2n) is 3.98. The summed E-state index contributed by atoms with van der Waals surface area (Å²) in [7, 11) is 0. The lowest BCUT2D eigenvalue weighted by atomic mass is 10.3. The summed E-state index contributed by atoms with van der Waals surface area (Å²) in [5, 5.41) is 1.58. The fraction of sp³-hybridized carbons (Fsp3) is 0.0833. The van der Waals surface area contributed by atoms with E-state index < -0.39 is 0 Å². The van der Waals surface area contributed by atoms with E-state index in [9.17, 15) is 0 Å². The molecule has 3 rings (SSSR count). The summed E-state index contributed by atoms with van der Waals surface area (Å²) in [5.74, 6) is 5.74. The number of para-hydroxylation sites is 2. The van der Waals surface area contributed by atoms with Crippen LogP contribution in [0.5, 0.6) is 0 Å². The number of nitrogen functional groups attached to an aromatic ring is 1. The van der Waals surface area contributed by atoms with Crippen LogP contribution in [0.3, 0.4) is 0 Å². The minimum absolute atomic E-state index is 0.401. The second kappa shape index (κ2) is 4.87. The van der Waals surface area contributed by atoms with Crippen molar-refractivity contribution in [2.45, 2.75) is 17.1 Å². The number of hydrogen-bond donors (Lipinski definition) is 3. The van der Waals surface area contributed by atoms with Crippen LogP contribution >= 0.6 is 11.8 Å². The van der Waals surface area contributed by atoms with Crippen LogP contribution in [-0.4, -0.2) is 19.9 Å². The highest BCUT2D eigenvalue weighted by Gasteiger charge is 2.07. The van der Waals surface area contributed by atoms with Gasteiger partial charge < -0.3 is 4.98 Å². The molecule has 0 saturated carbocycles. The van der Waals surface area contributed by atoms with Gasteiger partial charge in [-0.15, -0.1) is 0 Å². The van der Waals surface area contributed by atoms with Gasteiger partial charge in [0.1, 0.15) is 5.03 Å². The predicted molar refractivity (Wildman–Crippen MR) is 74.8 cm³/mol. The Kier molecular flexibility index (Phi) is 3.06. The third-order valence-electron chi connectivity index (χ3n) is 2.53. The Balaban J connectivity index is 1.94. The van der Waals surface area contributed by atoms with E-state index in [1.54, 1.807) is 0 Å². The van der Waals surface area contributed by atoms with Crippen LogP contribution < -0.4 is 11.3 Å². The molecule has 0 unspecified atom stereocenters. The van der Waals surface area contributed by atoms with Crippen LogP contribution in [-0.2, 0) is 0 Å². The summed E-state index contributed by atoms with van der Waals surface area (Å²) in [6.07, 6.45) is 0. The molecule has 2 aromatic heterocycles. The number of nitrogens with one attached hydrogen (secondary N) is 2. The molecule has 96 valence electrons. The van der Waals surface area contributed by atoms with Gasteiger partial charge in [-0.3, -0.25) is 5.43 Å². The number of aryl methyl sites for hydroxylation is 1. The SMILES string of the molecule is Cc1cc(Sc2nc3ccccc3[nH]2)nc(NN)n1. The van der Waals surface area contributed by atoms with E-state index in [1.165, 1.54) is 11.8 Å². The molecule has 0 saturated heterocycles. The molecule has 0 aliphatic carbocycles. The molecule has 0 fully saturated rings. The Morgan fingerprint density at radius 3 is 2.84 bits per heavy atom. The number of H-pyrrole nitrogens is 1. The number of fused-ring (bicyclic) bond motifs is 1. The fourth-order valence-corrected chi connectivity index (χ4v) is 2.60. The van der Waals surface area contributed by atoms with Crippen LogP contribution in [0.4, 0.5) is 5.95 Å². The van der Waals surface area contributed by atoms with E-state index in [0.717, 1.165) is 26.9 Å². The molecule has 3 aromatic rings. The minimum atomic E-state index is 0.401. The molecule has 0 aliphatic heterocycles. The van der Waals surface area contributed by atoms with Crippen molar-refractivity contribution < 1.29 is 0 Å². The Bertz CT molecular complexity index is 690. The predicted octanol–water partition coefficient (Wildman–Crippen LogP) is 2.10. The fourth-order valence-electron chi connectivity index (χ4n) is 1.73. The average molecular weight is 272 g/mol. The summed E-state index contributed by atoms with van der Waals surface area (Å²) in [5.41, 5.74) is 5.25. The molecule has 4 N–H and O–H groups in total. The topological polar surface area (TPSA) is 92.5 Å². The van der Waals surface area contributed by atoms with Crippen LogP contribution in [0.15, 0.2) is 40.5 Å². The lowest BCUT2D eigenvalue weighted by molar-refractivity contribution is 0.984. The van der Waals surface area contributed by atoms with Crippen molar-refractivity contribution in [3.8, 4) is 0 Å². The van der Waals surface area contributed by atoms with Gasteiger partial charge in [0.25, 0.3) is 0 Å². The highest BCUT2D eigenvalue weighted by atomic mass is 32.2. The van der Waals surface area contributed by atoms with E-state index in [4.69, 9.17) is 5.84 Å². The number of aromatic nitrogens is 4. The van der Waals surface area contributed by atoms with E-state index in [1.807, 2.05) is 37.3 Å². The number of nitrogens with two attached hydrogens (primary N) is 1. The number of aromatic amines is 1. The molecule has 0 atom stereocenters. The molecular formula is C12H12N6S. The van der Waals surface area contributed by atoms with Gasteiger partial charge in [0.15, 0.2) is 5.16 Å². The van der Waals surface area contributed by atoms with Gasteiger partial charge >= 0.3 is 0 Å².